The summed E-state index contributed by atoms with van der Waals surface area (Å²) in [5.74, 6) is -1.21. The van der Waals surface area contributed by atoms with E-state index < -0.39 is 33.1 Å². The van der Waals surface area contributed by atoms with Gasteiger partial charge in [-0.15, -0.1) is 10.2 Å². The molecule has 14 nitrogen and oxygen atoms in total. The van der Waals surface area contributed by atoms with Gasteiger partial charge in [-0.25, -0.2) is 0 Å². The average molecular weight is 579 g/mol. The maximum Gasteiger partial charge on any atom is 0.308 e. The Morgan fingerprint density at radius 2 is 1.78 bits per heavy atom. The van der Waals surface area contributed by atoms with Crippen molar-refractivity contribution >= 4 is 67.7 Å². The van der Waals surface area contributed by atoms with Crippen molar-refractivity contribution in [1.29, 1.82) is 0 Å². The zero-order valence-electron chi connectivity index (χ0n) is 20.1. The van der Waals surface area contributed by atoms with Crippen LogP contribution < -0.4 is 10.2 Å². The van der Waals surface area contributed by atoms with E-state index in [1.165, 1.54) is 19.9 Å². The number of esters is 1. The van der Waals surface area contributed by atoms with Gasteiger partial charge in [0.2, 0.25) is 5.91 Å². The SMILES string of the molecule is CCN(CCC(=O)OCC(C)=O)c1ccc(/N=N/c2c(Br)cc([N+](=O)[O-])cc2[N+](=O)[O-])c(NC(C)=O)c1. The molecule has 0 aromatic heterocycles. The zero-order chi connectivity index (χ0) is 27.7. The topological polar surface area (TPSA) is 187 Å². The zero-order valence-corrected chi connectivity index (χ0v) is 21.7. The number of anilines is 2. The lowest BCUT2D eigenvalue weighted by Gasteiger charge is -2.23. The molecule has 196 valence electrons. The van der Waals surface area contributed by atoms with Gasteiger partial charge in [-0.3, -0.25) is 34.6 Å². The molecule has 2 rings (SSSR count). The summed E-state index contributed by atoms with van der Waals surface area (Å²) in [6, 6.07) is 6.62. The number of non-ortho nitro benzene ring substituents is 1. The highest BCUT2D eigenvalue weighted by Gasteiger charge is 2.23. The molecule has 2 aromatic carbocycles. The third kappa shape index (κ3) is 8.42. The largest absolute Gasteiger partial charge is 0.458 e. The van der Waals surface area contributed by atoms with Crippen LogP contribution >= 0.6 is 15.9 Å². The Bertz CT molecular complexity index is 1270. The summed E-state index contributed by atoms with van der Waals surface area (Å²) in [5, 5.41) is 33.1. The quantitative estimate of drug-likeness (QED) is 0.156. The smallest absolute Gasteiger partial charge is 0.308 e. The van der Waals surface area contributed by atoms with E-state index >= 15 is 0 Å². The third-order valence-corrected chi connectivity index (χ3v) is 5.36. The maximum absolute atomic E-state index is 11.9. The third-order valence-electron chi connectivity index (χ3n) is 4.75. The predicted molar refractivity (Wildman–Crippen MR) is 137 cm³/mol. The van der Waals surface area contributed by atoms with Gasteiger partial charge < -0.3 is 15.0 Å². The number of hydrogen-bond acceptors (Lipinski definition) is 11. The molecule has 0 radical (unpaired) electrons. The standard InChI is InChI=1S/C22H23BrN6O8/c1-4-27(8-7-21(32)37-12-13(2)30)15-5-6-18(19(10-15)24-14(3)31)25-26-22-17(23)9-16(28(33)34)11-20(22)29(35)36/h5-6,9-11H,4,7-8,12H2,1-3H3,(H,24,31)/b26-25+. The van der Waals surface area contributed by atoms with Crippen LogP contribution in [0.15, 0.2) is 45.0 Å². The van der Waals surface area contributed by atoms with Gasteiger partial charge in [-0.05, 0) is 48.0 Å². The molecule has 15 heteroatoms. The molecule has 1 amide bonds. The van der Waals surface area contributed by atoms with Gasteiger partial charge in [0.05, 0.1) is 32.5 Å². The summed E-state index contributed by atoms with van der Waals surface area (Å²) in [6.07, 6.45) is 0.0237. The highest BCUT2D eigenvalue weighted by molar-refractivity contribution is 9.10. The van der Waals surface area contributed by atoms with E-state index in [9.17, 15) is 34.6 Å². The van der Waals surface area contributed by atoms with Crippen LogP contribution in [0, 0.1) is 20.2 Å². The number of Topliss-reactive ketones (excluding diaryl/α,β-unsaturated/α-hetero) is 1. The number of benzene rings is 2. The first-order valence-corrected chi connectivity index (χ1v) is 11.6. The minimum atomic E-state index is -0.815. The monoisotopic (exact) mass is 578 g/mol. The first kappa shape index (κ1) is 29.0. The molecule has 0 fully saturated rings. The lowest BCUT2D eigenvalue weighted by molar-refractivity contribution is -0.393. The second-order valence-electron chi connectivity index (χ2n) is 7.58. The molecule has 0 bridgehead atoms. The Labute approximate surface area is 219 Å². The summed E-state index contributed by atoms with van der Waals surface area (Å²) < 4.78 is 4.86. The second-order valence-corrected chi connectivity index (χ2v) is 8.44. The van der Waals surface area contributed by atoms with E-state index in [1.807, 2.05) is 11.8 Å². The molecule has 0 saturated heterocycles. The van der Waals surface area contributed by atoms with E-state index in [1.54, 1.807) is 12.1 Å². The number of halogens is 1. The van der Waals surface area contributed by atoms with Gasteiger partial charge in [-0.2, -0.15) is 0 Å². The number of hydrogen-bond donors (Lipinski definition) is 1. The maximum atomic E-state index is 11.9. The highest BCUT2D eigenvalue weighted by Crippen LogP contribution is 2.40. The molecule has 0 heterocycles. The minimum absolute atomic E-state index is 0.0105. The van der Waals surface area contributed by atoms with Crippen molar-refractivity contribution in [3.8, 4) is 0 Å². The van der Waals surface area contributed by atoms with Crippen LogP contribution in [0.3, 0.4) is 0 Å². The van der Waals surface area contributed by atoms with Gasteiger partial charge in [-0.1, -0.05) is 0 Å². The number of amides is 1. The van der Waals surface area contributed by atoms with Crippen molar-refractivity contribution in [3.63, 3.8) is 0 Å². The van der Waals surface area contributed by atoms with Crippen molar-refractivity contribution in [1.82, 2.24) is 0 Å². The normalized spacial score (nSPS) is 10.7. The van der Waals surface area contributed by atoms with Crippen molar-refractivity contribution < 1.29 is 29.0 Å². The first-order valence-electron chi connectivity index (χ1n) is 10.8. The molecule has 0 atom stereocenters. The number of ether oxygens (including phenoxy) is 1. The molecule has 0 aliphatic heterocycles. The van der Waals surface area contributed by atoms with Crippen LogP contribution in [0.1, 0.15) is 27.2 Å². The summed E-state index contributed by atoms with van der Waals surface area (Å²) in [6.45, 7) is 4.94. The van der Waals surface area contributed by atoms with Gasteiger partial charge in [0.25, 0.3) is 5.69 Å². The fourth-order valence-electron chi connectivity index (χ4n) is 3.07. The molecule has 2 aromatic rings. The summed E-state index contributed by atoms with van der Waals surface area (Å²) >= 11 is 3.06. The van der Waals surface area contributed by atoms with E-state index in [0.29, 0.717) is 12.2 Å². The van der Waals surface area contributed by atoms with E-state index in [4.69, 9.17) is 4.74 Å². The van der Waals surface area contributed by atoms with Crippen LogP contribution in [-0.4, -0.2) is 47.2 Å². The number of carbonyl (C=O) groups excluding carboxylic acids is 3. The number of nitrogens with zero attached hydrogens (tertiary/aromatic N) is 5. The Hall–Kier alpha value is -4.27. The fourth-order valence-corrected chi connectivity index (χ4v) is 3.58. The van der Waals surface area contributed by atoms with Crippen molar-refractivity contribution in [2.75, 3.05) is 29.9 Å². The summed E-state index contributed by atoms with van der Waals surface area (Å²) in [7, 11) is 0. The van der Waals surface area contributed by atoms with Crippen molar-refractivity contribution in [2.24, 2.45) is 10.2 Å². The number of rotatable bonds is 12. The number of nitro groups is 2. The molecule has 1 N–H and O–H groups in total. The van der Waals surface area contributed by atoms with Crippen molar-refractivity contribution in [3.05, 3.63) is 55.0 Å². The van der Waals surface area contributed by atoms with Crippen LogP contribution in [0.5, 0.6) is 0 Å². The van der Waals surface area contributed by atoms with Gasteiger partial charge >= 0.3 is 11.7 Å². The molecular weight excluding hydrogens is 556 g/mol. The van der Waals surface area contributed by atoms with Gasteiger partial charge in [0.1, 0.15) is 12.3 Å². The van der Waals surface area contributed by atoms with E-state index in [0.717, 1.165) is 12.1 Å². The lowest BCUT2D eigenvalue weighted by atomic mass is 10.2. The van der Waals surface area contributed by atoms with Gasteiger partial charge in [0, 0.05) is 31.8 Å². The summed E-state index contributed by atoms with van der Waals surface area (Å²) in [5.41, 5.74) is -0.329. The molecule has 0 unspecified atom stereocenters. The Morgan fingerprint density at radius 3 is 2.35 bits per heavy atom. The molecule has 37 heavy (non-hydrogen) atoms. The molecule has 0 saturated carbocycles. The molecule has 0 aliphatic rings. The number of carbonyl (C=O) groups is 3. The Balaban J connectivity index is 2.38. The van der Waals surface area contributed by atoms with Crippen LogP contribution in [0.4, 0.5) is 34.1 Å². The fraction of sp³-hybridized carbons (Fsp3) is 0.318. The Morgan fingerprint density at radius 1 is 1.08 bits per heavy atom. The van der Waals surface area contributed by atoms with E-state index in [2.05, 4.69) is 31.5 Å². The Kier molecular flexibility index (Phi) is 10.3. The van der Waals surface area contributed by atoms with Crippen LogP contribution in [-0.2, 0) is 19.1 Å². The first-order chi connectivity index (χ1) is 17.4. The summed E-state index contributed by atoms with van der Waals surface area (Å²) in [4.78, 5) is 57.4. The predicted octanol–water partition coefficient (Wildman–Crippen LogP) is 4.99. The lowest BCUT2D eigenvalue weighted by Crippen LogP contribution is -2.27. The molecule has 0 spiro atoms. The van der Waals surface area contributed by atoms with Gasteiger partial charge in [0.15, 0.2) is 11.5 Å². The number of azo groups is 1. The van der Waals surface area contributed by atoms with Crippen molar-refractivity contribution in [2.45, 2.75) is 27.2 Å². The van der Waals surface area contributed by atoms with E-state index in [-0.39, 0.29) is 46.9 Å². The molecular formula is C22H23BrN6O8. The minimum Gasteiger partial charge on any atom is -0.458 e. The van der Waals surface area contributed by atoms with Crippen LogP contribution in [0.2, 0.25) is 0 Å². The van der Waals surface area contributed by atoms with Crippen LogP contribution in [0.25, 0.3) is 0 Å². The average Bonchev–Trinajstić information content (AvgIpc) is 2.82. The number of nitro benzene ring substituents is 2. The number of ketones is 1. The molecule has 0 aliphatic carbocycles. The highest BCUT2D eigenvalue weighted by atomic mass is 79.9. The number of nitrogens with one attached hydrogen (secondary N) is 1. The second kappa shape index (κ2) is 13.2.